The minimum Gasteiger partial charge on any atom is -0.294 e. The Morgan fingerprint density at radius 1 is 1.31 bits per heavy atom. The van der Waals surface area contributed by atoms with Crippen molar-refractivity contribution in [3.05, 3.63) is 35.1 Å². The van der Waals surface area contributed by atoms with E-state index in [2.05, 4.69) is 15.9 Å². The number of hydrogen-bond acceptors (Lipinski definition) is 1. The van der Waals surface area contributed by atoms with Crippen molar-refractivity contribution >= 4 is 21.7 Å². The summed E-state index contributed by atoms with van der Waals surface area (Å²) in [5, 5.41) is 0.983. The molecule has 0 amide bonds. The highest BCUT2D eigenvalue weighted by Gasteiger charge is 2.08. The SMILES string of the molecule is Cc1cc(F)ccc1C(=O)CCCCCBr. The first kappa shape index (κ1) is 13.4. The molecule has 0 N–H and O–H groups in total. The number of halogens is 2. The predicted molar refractivity (Wildman–Crippen MR) is 67.7 cm³/mol. The molecule has 0 heterocycles. The molecule has 1 nitrogen and oxygen atoms in total. The zero-order valence-corrected chi connectivity index (χ0v) is 11.0. The van der Waals surface area contributed by atoms with Gasteiger partial charge in [0.25, 0.3) is 0 Å². The minimum atomic E-state index is -0.284. The van der Waals surface area contributed by atoms with Crippen molar-refractivity contribution in [1.82, 2.24) is 0 Å². The maximum atomic E-state index is 12.8. The third-order valence-electron chi connectivity index (χ3n) is 2.53. The van der Waals surface area contributed by atoms with Crippen molar-refractivity contribution in [3.63, 3.8) is 0 Å². The van der Waals surface area contributed by atoms with E-state index >= 15 is 0 Å². The summed E-state index contributed by atoms with van der Waals surface area (Å²) in [6.07, 6.45) is 3.60. The average molecular weight is 287 g/mol. The summed E-state index contributed by atoms with van der Waals surface area (Å²) in [4.78, 5) is 11.8. The standard InChI is InChI=1S/C13H16BrFO/c1-10-9-11(15)6-7-12(10)13(16)5-3-2-4-8-14/h6-7,9H,2-5,8H2,1H3. The molecule has 0 atom stereocenters. The zero-order valence-electron chi connectivity index (χ0n) is 9.43. The van der Waals surface area contributed by atoms with E-state index in [1.807, 2.05) is 0 Å². The Hall–Kier alpha value is -0.700. The molecule has 0 aromatic heterocycles. The first-order valence-electron chi connectivity index (χ1n) is 5.50. The molecule has 3 heteroatoms. The summed E-state index contributed by atoms with van der Waals surface area (Å²) in [5.74, 6) is -0.166. The second-order valence-electron chi connectivity index (χ2n) is 3.88. The van der Waals surface area contributed by atoms with Gasteiger partial charge in [0.1, 0.15) is 5.82 Å². The smallest absolute Gasteiger partial charge is 0.163 e. The Kier molecular flexibility index (Phi) is 5.67. The topological polar surface area (TPSA) is 17.1 Å². The van der Waals surface area contributed by atoms with E-state index in [9.17, 15) is 9.18 Å². The summed E-state index contributed by atoms with van der Waals surface area (Å²) in [7, 11) is 0. The van der Waals surface area contributed by atoms with E-state index < -0.39 is 0 Å². The number of aryl methyl sites for hydroxylation is 1. The second kappa shape index (κ2) is 6.79. The van der Waals surface area contributed by atoms with Crippen LogP contribution in [-0.4, -0.2) is 11.1 Å². The Morgan fingerprint density at radius 2 is 2.06 bits per heavy atom. The highest BCUT2D eigenvalue weighted by Crippen LogP contribution is 2.14. The van der Waals surface area contributed by atoms with Crippen LogP contribution in [0.1, 0.15) is 41.6 Å². The summed E-state index contributed by atoms with van der Waals surface area (Å²) < 4.78 is 12.8. The molecule has 0 radical (unpaired) electrons. The van der Waals surface area contributed by atoms with Crippen LogP contribution in [0.25, 0.3) is 0 Å². The molecule has 0 saturated carbocycles. The third kappa shape index (κ3) is 4.05. The van der Waals surface area contributed by atoms with Gasteiger partial charge in [-0.3, -0.25) is 4.79 Å². The first-order valence-corrected chi connectivity index (χ1v) is 6.62. The van der Waals surface area contributed by atoms with Crippen molar-refractivity contribution in [2.24, 2.45) is 0 Å². The Balaban J connectivity index is 2.53. The van der Waals surface area contributed by atoms with E-state index in [0.29, 0.717) is 12.0 Å². The molecular formula is C13H16BrFO. The van der Waals surface area contributed by atoms with Crippen molar-refractivity contribution in [2.75, 3.05) is 5.33 Å². The Bertz CT molecular complexity index is 363. The van der Waals surface area contributed by atoms with Crippen molar-refractivity contribution < 1.29 is 9.18 Å². The van der Waals surface area contributed by atoms with Gasteiger partial charge in [0.15, 0.2) is 5.78 Å². The number of unbranched alkanes of at least 4 members (excludes halogenated alkanes) is 2. The fourth-order valence-electron chi connectivity index (χ4n) is 1.63. The van der Waals surface area contributed by atoms with Gasteiger partial charge in [-0.25, -0.2) is 4.39 Å². The summed E-state index contributed by atoms with van der Waals surface area (Å²) in [6, 6.07) is 4.34. The van der Waals surface area contributed by atoms with Gasteiger partial charge in [0, 0.05) is 17.3 Å². The zero-order chi connectivity index (χ0) is 12.0. The Labute approximate surface area is 104 Å². The molecule has 88 valence electrons. The number of carbonyl (C=O) groups excluding carboxylic acids is 1. The maximum absolute atomic E-state index is 12.8. The highest BCUT2D eigenvalue weighted by atomic mass is 79.9. The minimum absolute atomic E-state index is 0.118. The summed E-state index contributed by atoms with van der Waals surface area (Å²) in [6.45, 7) is 1.77. The Morgan fingerprint density at radius 3 is 2.69 bits per heavy atom. The molecular weight excluding hydrogens is 271 g/mol. The fourth-order valence-corrected chi connectivity index (χ4v) is 2.03. The first-order chi connectivity index (χ1) is 7.65. The van der Waals surface area contributed by atoms with Crippen LogP contribution < -0.4 is 0 Å². The molecule has 0 fully saturated rings. The predicted octanol–water partition coefficient (Wildman–Crippen LogP) is 4.27. The number of carbonyl (C=O) groups is 1. The van der Waals surface area contributed by atoms with Crippen LogP contribution in [0, 0.1) is 12.7 Å². The normalized spacial score (nSPS) is 10.4. The third-order valence-corrected chi connectivity index (χ3v) is 3.09. The number of benzene rings is 1. The number of rotatable bonds is 6. The number of hydrogen-bond donors (Lipinski definition) is 0. The van der Waals surface area contributed by atoms with Crippen molar-refractivity contribution in [2.45, 2.75) is 32.6 Å². The van der Waals surface area contributed by atoms with Gasteiger partial charge in [0.05, 0.1) is 0 Å². The van der Waals surface area contributed by atoms with Crippen LogP contribution in [0.5, 0.6) is 0 Å². The average Bonchev–Trinajstić information content (AvgIpc) is 2.24. The molecule has 0 aliphatic rings. The van der Waals surface area contributed by atoms with Gasteiger partial charge < -0.3 is 0 Å². The molecule has 0 aliphatic carbocycles. The molecule has 1 aromatic rings. The van der Waals surface area contributed by atoms with Gasteiger partial charge in [-0.2, -0.15) is 0 Å². The second-order valence-corrected chi connectivity index (χ2v) is 4.68. The molecule has 0 spiro atoms. The lowest BCUT2D eigenvalue weighted by molar-refractivity contribution is 0.0978. The van der Waals surface area contributed by atoms with E-state index in [-0.39, 0.29) is 11.6 Å². The fraction of sp³-hybridized carbons (Fsp3) is 0.462. The van der Waals surface area contributed by atoms with Crippen LogP contribution >= 0.6 is 15.9 Å². The maximum Gasteiger partial charge on any atom is 0.163 e. The van der Waals surface area contributed by atoms with Crippen LogP contribution in [-0.2, 0) is 0 Å². The molecule has 1 aromatic carbocycles. The van der Waals surface area contributed by atoms with Crippen LogP contribution in [0.2, 0.25) is 0 Å². The van der Waals surface area contributed by atoms with E-state index in [1.54, 1.807) is 13.0 Å². The van der Waals surface area contributed by atoms with E-state index in [1.165, 1.54) is 12.1 Å². The molecule has 1 rings (SSSR count). The number of alkyl halides is 1. The molecule has 0 unspecified atom stereocenters. The quantitative estimate of drug-likeness (QED) is 0.434. The molecule has 0 saturated heterocycles. The van der Waals surface area contributed by atoms with Crippen molar-refractivity contribution in [1.29, 1.82) is 0 Å². The summed E-state index contributed by atoms with van der Waals surface area (Å²) in [5.41, 5.74) is 1.38. The summed E-state index contributed by atoms with van der Waals surface area (Å²) >= 11 is 3.35. The van der Waals surface area contributed by atoms with Crippen LogP contribution in [0.3, 0.4) is 0 Å². The molecule has 16 heavy (non-hydrogen) atoms. The molecule has 0 aliphatic heterocycles. The largest absolute Gasteiger partial charge is 0.294 e. The van der Waals surface area contributed by atoms with Gasteiger partial charge in [-0.15, -0.1) is 0 Å². The van der Waals surface area contributed by atoms with E-state index in [0.717, 1.165) is 30.2 Å². The van der Waals surface area contributed by atoms with E-state index in [4.69, 9.17) is 0 Å². The number of Topliss-reactive ketones (excluding diaryl/α,β-unsaturated/α-hetero) is 1. The van der Waals surface area contributed by atoms with Gasteiger partial charge in [-0.1, -0.05) is 22.4 Å². The van der Waals surface area contributed by atoms with Crippen LogP contribution in [0.4, 0.5) is 4.39 Å². The van der Waals surface area contributed by atoms with Gasteiger partial charge >= 0.3 is 0 Å². The lowest BCUT2D eigenvalue weighted by atomic mass is 10.0. The van der Waals surface area contributed by atoms with Crippen LogP contribution in [0.15, 0.2) is 18.2 Å². The highest BCUT2D eigenvalue weighted by molar-refractivity contribution is 9.09. The van der Waals surface area contributed by atoms with Gasteiger partial charge in [0.2, 0.25) is 0 Å². The lowest BCUT2D eigenvalue weighted by Crippen LogP contribution is -2.02. The molecule has 0 bridgehead atoms. The lowest BCUT2D eigenvalue weighted by Gasteiger charge is -2.04. The van der Waals surface area contributed by atoms with Gasteiger partial charge in [-0.05, 0) is 43.5 Å². The number of ketones is 1. The van der Waals surface area contributed by atoms with Crippen molar-refractivity contribution in [3.8, 4) is 0 Å². The monoisotopic (exact) mass is 286 g/mol.